The van der Waals surface area contributed by atoms with Crippen LogP contribution in [-0.4, -0.2) is 17.1 Å². The van der Waals surface area contributed by atoms with E-state index in [0.29, 0.717) is 32.9 Å². The molecule has 6 rings (SSSR count). The van der Waals surface area contributed by atoms with Gasteiger partial charge in [0.05, 0.1) is 23.7 Å². The number of methoxy groups -OCH3 is 1. The molecule has 188 valence electrons. The first kappa shape index (κ1) is 23.9. The van der Waals surface area contributed by atoms with Gasteiger partial charge in [-0.25, -0.2) is 15.0 Å². The van der Waals surface area contributed by atoms with Gasteiger partial charge >= 0.3 is 0 Å². The molecule has 0 amide bonds. The Morgan fingerprint density at radius 3 is 2.24 bits per heavy atom. The first-order valence-electron chi connectivity index (χ1n) is 12.8. The van der Waals surface area contributed by atoms with Gasteiger partial charge in [0.1, 0.15) is 22.3 Å². The minimum absolute atomic E-state index is 0.0758. The molecule has 0 bridgehead atoms. The van der Waals surface area contributed by atoms with Crippen LogP contribution in [0.1, 0.15) is 43.4 Å². The average molecular weight is 502 g/mol. The van der Waals surface area contributed by atoms with Crippen molar-refractivity contribution in [2.24, 2.45) is 4.99 Å². The molecule has 0 saturated heterocycles. The lowest BCUT2D eigenvalue weighted by atomic mass is 9.98. The van der Waals surface area contributed by atoms with Gasteiger partial charge in [0.25, 0.3) is 0 Å². The van der Waals surface area contributed by atoms with Crippen LogP contribution >= 0.6 is 0 Å². The molecule has 0 atom stereocenters. The van der Waals surface area contributed by atoms with Crippen molar-refractivity contribution in [2.75, 3.05) is 7.11 Å². The Balaban J connectivity index is 1.83. The van der Waals surface area contributed by atoms with E-state index in [-0.39, 0.29) is 27.8 Å². The normalized spacial score (nSPS) is 12.5. The number of ether oxygens (including phenoxy) is 1. The first-order chi connectivity index (χ1) is 18.3. The Morgan fingerprint density at radius 1 is 0.816 bits per heavy atom. The molecule has 0 fully saturated rings. The van der Waals surface area contributed by atoms with Gasteiger partial charge in [0.15, 0.2) is 0 Å². The van der Waals surface area contributed by atoms with Crippen molar-refractivity contribution in [3.63, 3.8) is 0 Å². The maximum atomic E-state index is 13.6. The van der Waals surface area contributed by atoms with Crippen LogP contribution in [0.5, 0.6) is 5.75 Å². The summed E-state index contributed by atoms with van der Waals surface area (Å²) < 4.78 is 5.52. The molecular weight excluding hydrogens is 474 g/mol. The monoisotopic (exact) mass is 501 g/mol. The topological polar surface area (TPSA) is 81.5 Å². The van der Waals surface area contributed by atoms with Gasteiger partial charge in [-0.15, -0.1) is 0 Å². The Morgan fingerprint density at radius 2 is 1.53 bits per heavy atom. The minimum Gasteiger partial charge on any atom is -0.497 e. The van der Waals surface area contributed by atoms with E-state index in [9.17, 15) is 9.59 Å². The molecule has 38 heavy (non-hydrogen) atoms. The maximum absolute atomic E-state index is 13.6. The van der Waals surface area contributed by atoms with Crippen LogP contribution in [0.3, 0.4) is 0 Å². The van der Waals surface area contributed by atoms with E-state index in [4.69, 9.17) is 19.7 Å². The molecule has 1 aromatic heterocycles. The van der Waals surface area contributed by atoms with Gasteiger partial charge < -0.3 is 4.74 Å². The smallest absolute Gasteiger partial charge is 0.214 e. The summed E-state index contributed by atoms with van der Waals surface area (Å²) in [5.74, 6) is 0.938. The zero-order chi connectivity index (χ0) is 26.7. The number of hydrogen-bond acceptors (Lipinski definition) is 6. The van der Waals surface area contributed by atoms with Crippen LogP contribution in [0, 0.1) is 6.92 Å². The maximum Gasteiger partial charge on any atom is 0.214 e. The lowest BCUT2D eigenvalue weighted by molar-refractivity contribution is 0.415. The van der Waals surface area contributed by atoms with Crippen LogP contribution in [0.2, 0.25) is 0 Å². The van der Waals surface area contributed by atoms with E-state index >= 15 is 0 Å². The molecule has 0 unspecified atom stereocenters. The Bertz CT molecular complexity index is 2080. The molecule has 6 heteroatoms. The van der Waals surface area contributed by atoms with Crippen molar-refractivity contribution in [1.82, 2.24) is 9.97 Å². The van der Waals surface area contributed by atoms with Crippen LogP contribution in [0.25, 0.3) is 43.6 Å². The van der Waals surface area contributed by atoms with Crippen molar-refractivity contribution >= 4 is 49.3 Å². The van der Waals surface area contributed by atoms with Crippen molar-refractivity contribution in [3.8, 4) is 5.75 Å². The predicted octanol–water partition coefficient (Wildman–Crippen LogP) is 5.92. The molecule has 0 saturated carbocycles. The second-order valence-electron chi connectivity index (χ2n) is 10.0. The van der Waals surface area contributed by atoms with Crippen molar-refractivity contribution < 1.29 is 4.74 Å². The molecule has 0 aliphatic rings. The highest BCUT2D eigenvalue weighted by Gasteiger charge is 2.20. The molecule has 0 aliphatic heterocycles. The fraction of sp³-hybridized carbons (Fsp3) is 0.219. The SMILES string of the molecule is CCc1ccc2c(=O)c3nc4c(=Nc5c(C)cccc5C(C)C)c5cc(OC)ccc5c4nc3c(=O)c2c1. The second-order valence-corrected chi connectivity index (χ2v) is 10.0. The minimum atomic E-state index is -0.292. The summed E-state index contributed by atoms with van der Waals surface area (Å²) in [5.41, 5.74) is 4.68. The highest BCUT2D eigenvalue weighted by molar-refractivity contribution is 6.11. The quantitative estimate of drug-likeness (QED) is 0.280. The molecule has 1 heterocycles. The molecule has 6 nitrogen and oxygen atoms in total. The fourth-order valence-electron chi connectivity index (χ4n) is 5.26. The van der Waals surface area contributed by atoms with Gasteiger partial charge in [0.2, 0.25) is 10.9 Å². The van der Waals surface area contributed by atoms with E-state index in [0.717, 1.165) is 39.6 Å². The number of aromatic nitrogens is 2. The highest BCUT2D eigenvalue weighted by atomic mass is 16.5. The summed E-state index contributed by atoms with van der Waals surface area (Å²) in [5, 5.41) is 2.99. The van der Waals surface area contributed by atoms with Crippen molar-refractivity contribution in [2.45, 2.75) is 40.0 Å². The third-order valence-corrected chi connectivity index (χ3v) is 7.38. The van der Waals surface area contributed by atoms with Gasteiger partial charge in [-0.3, -0.25) is 9.59 Å². The lowest BCUT2D eigenvalue weighted by Gasteiger charge is -2.11. The third-order valence-electron chi connectivity index (χ3n) is 7.38. The number of benzene rings is 4. The molecule has 5 aromatic carbocycles. The van der Waals surface area contributed by atoms with Crippen LogP contribution < -0.4 is 21.0 Å². The standard InChI is InChI=1S/C32H27N3O3/c1-6-18-10-12-22-24(14-18)32(37)30-29(31(22)36)35-28-26(34-30)21-13-11-19(38-5)15-23(21)27(28)33-25-17(4)8-7-9-20(25)16(2)3/h7-16H,6H2,1-5H3. The number of rotatable bonds is 4. The molecule has 0 N–H and O–H groups in total. The molecule has 0 spiro atoms. The number of nitrogens with zero attached hydrogens (tertiary/aromatic N) is 3. The lowest BCUT2D eigenvalue weighted by Crippen LogP contribution is -2.16. The zero-order valence-corrected chi connectivity index (χ0v) is 22.0. The van der Waals surface area contributed by atoms with E-state index in [2.05, 4.69) is 19.9 Å². The zero-order valence-electron chi connectivity index (χ0n) is 22.0. The molecule has 0 radical (unpaired) electrons. The fourth-order valence-corrected chi connectivity index (χ4v) is 5.26. The number of fused-ring (bicyclic) bond motifs is 5. The van der Waals surface area contributed by atoms with E-state index in [1.807, 2.05) is 50.2 Å². The van der Waals surface area contributed by atoms with Gasteiger partial charge in [-0.05, 0) is 66.3 Å². The van der Waals surface area contributed by atoms with E-state index in [1.165, 1.54) is 0 Å². The first-order valence-corrected chi connectivity index (χ1v) is 12.8. The molecule has 6 aromatic rings. The van der Waals surface area contributed by atoms with Crippen LogP contribution in [-0.2, 0) is 6.42 Å². The summed E-state index contributed by atoms with van der Waals surface area (Å²) in [7, 11) is 1.62. The van der Waals surface area contributed by atoms with Crippen molar-refractivity contribution in [3.05, 3.63) is 97.1 Å². The molecule has 0 aliphatic carbocycles. The summed E-state index contributed by atoms with van der Waals surface area (Å²) in [4.78, 5) is 41.9. The summed E-state index contributed by atoms with van der Waals surface area (Å²) >= 11 is 0. The Labute approximate surface area is 219 Å². The second kappa shape index (κ2) is 8.84. The molecular formula is C32H27N3O3. The average Bonchev–Trinajstić information content (AvgIpc) is 3.23. The Kier molecular flexibility index (Phi) is 5.56. The van der Waals surface area contributed by atoms with Gasteiger partial charge in [-0.2, -0.15) is 0 Å². The van der Waals surface area contributed by atoms with Gasteiger partial charge in [0, 0.05) is 21.5 Å². The van der Waals surface area contributed by atoms with Crippen molar-refractivity contribution in [1.29, 1.82) is 0 Å². The largest absolute Gasteiger partial charge is 0.497 e. The van der Waals surface area contributed by atoms with Gasteiger partial charge in [-0.1, -0.05) is 45.0 Å². The van der Waals surface area contributed by atoms with Crippen LogP contribution in [0.4, 0.5) is 5.69 Å². The summed E-state index contributed by atoms with van der Waals surface area (Å²) in [6, 6.07) is 17.2. The summed E-state index contributed by atoms with van der Waals surface area (Å²) in [6.07, 6.45) is 0.768. The predicted molar refractivity (Wildman–Crippen MR) is 153 cm³/mol. The van der Waals surface area contributed by atoms with E-state index < -0.39 is 0 Å². The Hall–Kier alpha value is -4.45. The third kappa shape index (κ3) is 3.51. The summed E-state index contributed by atoms with van der Waals surface area (Å²) in [6.45, 7) is 8.33. The highest BCUT2D eigenvalue weighted by Crippen LogP contribution is 2.32. The number of hydrogen-bond donors (Lipinski definition) is 0. The van der Waals surface area contributed by atoms with Crippen LogP contribution in [0.15, 0.2) is 69.2 Å². The number of para-hydroxylation sites is 1. The van der Waals surface area contributed by atoms with E-state index in [1.54, 1.807) is 19.2 Å². The number of aryl methyl sites for hydroxylation is 2.